The van der Waals surface area contributed by atoms with Crippen LogP contribution in [0.15, 0.2) is 29.1 Å². The summed E-state index contributed by atoms with van der Waals surface area (Å²) in [5, 5.41) is 0.545. The van der Waals surface area contributed by atoms with Gasteiger partial charge in [-0.3, -0.25) is 15.0 Å². The minimum absolute atomic E-state index is 0.00711. The van der Waals surface area contributed by atoms with Crippen molar-refractivity contribution >= 4 is 16.8 Å². The smallest absolute Gasteiger partial charge is 0.273 e. The van der Waals surface area contributed by atoms with Crippen LogP contribution in [0, 0.1) is 29.6 Å². The highest BCUT2D eigenvalue weighted by Crippen LogP contribution is 2.69. The summed E-state index contributed by atoms with van der Waals surface area (Å²) in [6, 6.07) is 7.32. The Kier molecular flexibility index (Phi) is 3.12. The molecule has 1 N–H and O–H groups in total. The summed E-state index contributed by atoms with van der Waals surface area (Å²) in [6.07, 6.45) is 3.88. The van der Waals surface area contributed by atoms with Crippen LogP contribution in [0.3, 0.4) is 0 Å². The lowest BCUT2D eigenvalue weighted by molar-refractivity contribution is -0.119. The van der Waals surface area contributed by atoms with Crippen LogP contribution in [0.25, 0.3) is 10.9 Å². The molecule has 5 nitrogen and oxygen atoms in total. The maximum absolute atomic E-state index is 12.9. The third-order valence-electron chi connectivity index (χ3n) is 6.58. The van der Waals surface area contributed by atoms with E-state index in [1.165, 1.54) is 23.9 Å². The van der Waals surface area contributed by atoms with E-state index in [1.807, 2.05) is 32.0 Å². The van der Waals surface area contributed by atoms with Crippen LogP contribution in [0.2, 0.25) is 0 Å². The van der Waals surface area contributed by atoms with E-state index in [4.69, 9.17) is 0 Å². The van der Waals surface area contributed by atoms with Crippen LogP contribution in [0.1, 0.15) is 44.9 Å². The molecule has 25 heavy (non-hydrogen) atoms. The van der Waals surface area contributed by atoms with Crippen molar-refractivity contribution in [3.8, 4) is 0 Å². The molecular weight excluding hydrogens is 314 g/mol. The summed E-state index contributed by atoms with van der Waals surface area (Å²) in [5.41, 5.74) is 3.41. The van der Waals surface area contributed by atoms with Gasteiger partial charge in [-0.05, 0) is 55.1 Å². The first kappa shape index (κ1) is 15.1. The topological polar surface area (TPSA) is 64.0 Å². The molecule has 0 aliphatic heterocycles. The van der Waals surface area contributed by atoms with Gasteiger partial charge in [-0.25, -0.2) is 9.66 Å². The molecule has 1 heterocycles. The third kappa shape index (κ3) is 2.11. The molecule has 3 fully saturated rings. The van der Waals surface area contributed by atoms with Crippen molar-refractivity contribution in [2.75, 3.05) is 5.43 Å². The lowest BCUT2D eigenvalue weighted by Gasteiger charge is -2.17. The predicted octanol–water partition coefficient (Wildman–Crippen LogP) is 2.88. The predicted molar refractivity (Wildman–Crippen MR) is 95.8 cm³/mol. The van der Waals surface area contributed by atoms with E-state index in [2.05, 4.69) is 10.4 Å². The number of amides is 1. The third-order valence-corrected chi connectivity index (χ3v) is 6.58. The number of nitrogens with zero attached hydrogens (tertiary/aromatic N) is 2. The number of para-hydroxylation sites is 1. The number of hydrogen-bond donors (Lipinski definition) is 1. The van der Waals surface area contributed by atoms with E-state index >= 15 is 0 Å². The Bertz CT molecular complexity index is 916. The summed E-state index contributed by atoms with van der Waals surface area (Å²) in [6.45, 7) is 3.98. The van der Waals surface area contributed by atoms with Gasteiger partial charge >= 0.3 is 0 Å². The summed E-state index contributed by atoms with van der Waals surface area (Å²) in [5.74, 6) is 3.37. The van der Waals surface area contributed by atoms with Gasteiger partial charge in [0.05, 0.1) is 10.9 Å². The molecular formula is C20H23N3O2. The van der Waals surface area contributed by atoms with Crippen LogP contribution < -0.4 is 11.0 Å². The molecule has 3 saturated carbocycles. The van der Waals surface area contributed by atoms with Crippen LogP contribution >= 0.6 is 0 Å². The SMILES string of the molecule is CC(C)c1nc2ccccc2c(=O)n1NC(=O)C1C2C3CCC(C3)C12. The van der Waals surface area contributed by atoms with Crippen molar-refractivity contribution in [2.24, 2.45) is 29.6 Å². The highest BCUT2D eigenvalue weighted by Gasteiger charge is 2.67. The first-order valence-corrected chi connectivity index (χ1v) is 9.39. The van der Waals surface area contributed by atoms with Crippen molar-refractivity contribution in [3.63, 3.8) is 0 Å². The Hall–Kier alpha value is -2.17. The maximum Gasteiger partial charge on any atom is 0.280 e. The van der Waals surface area contributed by atoms with Crippen molar-refractivity contribution < 1.29 is 4.79 Å². The molecule has 1 amide bonds. The number of fused-ring (bicyclic) bond motifs is 6. The molecule has 5 heteroatoms. The molecule has 1 aromatic heterocycles. The van der Waals surface area contributed by atoms with Crippen molar-refractivity contribution in [2.45, 2.75) is 39.0 Å². The lowest BCUT2D eigenvalue weighted by Crippen LogP contribution is -2.38. The fourth-order valence-electron chi connectivity index (χ4n) is 5.51. The molecule has 4 unspecified atom stereocenters. The summed E-state index contributed by atoms with van der Waals surface area (Å²) in [7, 11) is 0. The highest BCUT2D eigenvalue weighted by atomic mass is 16.2. The average molecular weight is 337 g/mol. The van der Waals surface area contributed by atoms with Gasteiger partial charge in [0.15, 0.2) is 0 Å². The first-order valence-electron chi connectivity index (χ1n) is 9.39. The van der Waals surface area contributed by atoms with Crippen molar-refractivity contribution in [3.05, 3.63) is 40.4 Å². The van der Waals surface area contributed by atoms with Gasteiger partial charge in [0, 0.05) is 11.8 Å². The van der Waals surface area contributed by atoms with Crippen LogP contribution in [-0.4, -0.2) is 15.6 Å². The molecule has 130 valence electrons. The van der Waals surface area contributed by atoms with Gasteiger partial charge in [-0.15, -0.1) is 0 Å². The maximum atomic E-state index is 12.9. The van der Waals surface area contributed by atoms with Gasteiger partial charge in [-0.1, -0.05) is 26.0 Å². The largest absolute Gasteiger partial charge is 0.280 e. The number of aromatic nitrogens is 2. The fraction of sp³-hybridized carbons (Fsp3) is 0.550. The van der Waals surface area contributed by atoms with Crippen LogP contribution in [0.4, 0.5) is 0 Å². The standard InChI is InChI=1S/C20H23N3O2/c1-10(2)18-21-14-6-4-3-5-13(14)20(25)23(18)22-19(24)17-15-11-7-8-12(9-11)16(15)17/h3-6,10-12,15-17H,7-9H2,1-2H3,(H,22,24). The molecule has 3 aliphatic carbocycles. The quantitative estimate of drug-likeness (QED) is 0.937. The van der Waals surface area contributed by atoms with E-state index < -0.39 is 0 Å². The second kappa shape index (κ2) is 5.16. The van der Waals surface area contributed by atoms with Crippen molar-refractivity contribution in [1.29, 1.82) is 0 Å². The zero-order chi connectivity index (χ0) is 17.3. The molecule has 2 aromatic rings. The molecule has 5 rings (SSSR count). The highest BCUT2D eigenvalue weighted by molar-refractivity contribution is 5.90. The van der Waals surface area contributed by atoms with Gasteiger partial charge in [0.25, 0.3) is 5.56 Å². The van der Waals surface area contributed by atoms with E-state index in [0.717, 1.165) is 11.8 Å². The lowest BCUT2D eigenvalue weighted by atomic mass is 10.0. The number of carbonyl (C=O) groups excluding carboxylic acids is 1. The van der Waals surface area contributed by atoms with Gasteiger partial charge < -0.3 is 0 Å². The molecule has 4 atom stereocenters. The van der Waals surface area contributed by atoms with Crippen LogP contribution in [0.5, 0.6) is 0 Å². The Labute approximate surface area is 146 Å². The Morgan fingerprint density at radius 2 is 1.88 bits per heavy atom. The summed E-state index contributed by atoms with van der Waals surface area (Å²) in [4.78, 5) is 30.4. The zero-order valence-electron chi connectivity index (χ0n) is 14.6. The first-order chi connectivity index (χ1) is 12.1. The van der Waals surface area contributed by atoms with E-state index in [-0.39, 0.29) is 23.3 Å². The second-order valence-corrected chi connectivity index (χ2v) is 8.27. The summed E-state index contributed by atoms with van der Waals surface area (Å²) >= 11 is 0. The molecule has 0 spiro atoms. The van der Waals surface area contributed by atoms with Gasteiger partial charge in [0.2, 0.25) is 5.91 Å². The monoisotopic (exact) mass is 337 g/mol. The Morgan fingerprint density at radius 1 is 1.20 bits per heavy atom. The molecule has 2 bridgehead atoms. The normalized spacial score (nSPS) is 32.2. The fourth-order valence-corrected chi connectivity index (χ4v) is 5.51. The molecule has 1 aromatic carbocycles. The average Bonchev–Trinajstić information content (AvgIpc) is 3.05. The zero-order valence-corrected chi connectivity index (χ0v) is 14.6. The number of hydrogen-bond acceptors (Lipinski definition) is 3. The van der Waals surface area contributed by atoms with E-state index in [0.29, 0.717) is 28.6 Å². The number of nitrogens with one attached hydrogen (secondary N) is 1. The number of carbonyl (C=O) groups is 1. The minimum Gasteiger partial charge on any atom is -0.273 e. The Morgan fingerprint density at radius 3 is 2.56 bits per heavy atom. The molecule has 3 aliphatic rings. The van der Waals surface area contributed by atoms with Crippen LogP contribution in [-0.2, 0) is 4.79 Å². The Balaban J connectivity index is 1.50. The van der Waals surface area contributed by atoms with E-state index in [9.17, 15) is 9.59 Å². The number of benzene rings is 1. The molecule has 0 radical (unpaired) electrons. The minimum atomic E-state index is -0.184. The van der Waals surface area contributed by atoms with Gasteiger partial charge in [-0.2, -0.15) is 0 Å². The van der Waals surface area contributed by atoms with Gasteiger partial charge in [0.1, 0.15) is 5.82 Å². The number of rotatable bonds is 3. The van der Waals surface area contributed by atoms with E-state index in [1.54, 1.807) is 6.07 Å². The second-order valence-electron chi connectivity index (χ2n) is 8.27. The summed E-state index contributed by atoms with van der Waals surface area (Å²) < 4.78 is 1.39. The molecule has 0 saturated heterocycles. The van der Waals surface area contributed by atoms with Crippen molar-refractivity contribution in [1.82, 2.24) is 9.66 Å².